The lowest BCUT2D eigenvalue weighted by molar-refractivity contribution is 0.0258. The van der Waals surface area contributed by atoms with E-state index in [1.807, 2.05) is 0 Å². The minimum absolute atomic E-state index is 0.104. The van der Waals surface area contributed by atoms with Gasteiger partial charge in [0.1, 0.15) is 5.75 Å². The lowest BCUT2D eigenvalue weighted by atomic mass is 9.93. The number of morpholine rings is 1. The van der Waals surface area contributed by atoms with Crippen LogP contribution in [0.1, 0.15) is 42.6 Å². The van der Waals surface area contributed by atoms with E-state index in [1.165, 1.54) is 16.7 Å². The number of benzene rings is 1. The van der Waals surface area contributed by atoms with Crippen LogP contribution in [0.25, 0.3) is 0 Å². The molecule has 1 aromatic rings. The van der Waals surface area contributed by atoms with Gasteiger partial charge in [0, 0.05) is 18.7 Å². The number of nitrogens with one attached hydrogen (secondary N) is 1. The second-order valence-electron chi connectivity index (χ2n) is 5.14. The lowest BCUT2D eigenvalue weighted by Crippen LogP contribution is -2.34. The van der Waals surface area contributed by atoms with Gasteiger partial charge in [0.15, 0.2) is 0 Å². The molecule has 1 aromatic carbocycles. The average Bonchev–Trinajstić information content (AvgIpc) is 2.38. The Labute approximate surface area is 109 Å². The molecule has 18 heavy (non-hydrogen) atoms. The zero-order valence-electron chi connectivity index (χ0n) is 11.7. The highest BCUT2D eigenvalue weighted by atomic mass is 16.5. The first kappa shape index (κ1) is 13.4. The second-order valence-corrected chi connectivity index (χ2v) is 5.14. The number of rotatable bonds is 3. The number of hydrogen-bond acceptors (Lipinski definition) is 3. The summed E-state index contributed by atoms with van der Waals surface area (Å²) in [7, 11) is 1.75. The molecule has 0 amide bonds. The van der Waals surface area contributed by atoms with Crippen LogP contribution >= 0.6 is 0 Å². The lowest BCUT2D eigenvalue weighted by Gasteiger charge is -2.28. The van der Waals surface area contributed by atoms with Gasteiger partial charge in [0.05, 0.1) is 19.8 Å². The molecule has 1 aliphatic heterocycles. The van der Waals surface area contributed by atoms with Gasteiger partial charge in [-0.05, 0) is 24.0 Å². The van der Waals surface area contributed by atoms with Gasteiger partial charge in [0.2, 0.25) is 0 Å². The number of methoxy groups -OCH3 is 1. The van der Waals surface area contributed by atoms with Crippen LogP contribution in [0.2, 0.25) is 0 Å². The number of hydrogen-bond donors (Lipinski definition) is 1. The number of aryl methyl sites for hydroxylation is 1. The van der Waals surface area contributed by atoms with Crippen molar-refractivity contribution in [2.45, 2.75) is 32.8 Å². The molecule has 0 spiro atoms. The maximum absolute atomic E-state index is 5.88. The Hall–Kier alpha value is -1.06. The van der Waals surface area contributed by atoms with E-state index in [1.54, 1.807) is 7.11 Å². The summed E-state index contributed by atoms with van der Waals surface area (Å²) in [6, 6.07) is 4.34. The first-order valence-corrected chi connectivity index (χ1v) is 6.64. The molecule has 1 saturated heterocycles. The van der Waals surface area contributed by atoms with E-state index >= 15 is 0 Å². The third-order valence-corrected chi connectivity index (χ3v) is 3.52. The molecule has 100 valence electrons. The van der Waals surface area contributed by atoms with Crippen LogP contribution in [0, 0.1) is 6.92 Å². The summed E-state index contributed by atoms with van der Waals surface area (Å²) in [5.74, 6) is 1.45. The summed E-state index contributed by atoms with van der Waals surface area (Å²) in [4.78, 5) is 0. The fraction of sp³-hybridized carbons (Fsp3) is 0.600. The zero-order valence-corrected chi connectivity index (χ0v) is 11.7. The molecule has 3 nitrogen and oxygen atoms in total. The Bertz CT molecular complexity index is 409. The Morgan fingerprint density at radius 1 is 1.39 bits per heavy atom. The van der Waals surface area contributed by atoms with Crippen molar-refractivity contribution < 1.29 is 9.47 Å². The summed E-state index contributed by atoms with van der Waals surface area (Å²) < 4.78 is 11.5. The van der Waals surface area contributed by atoms with Crippen LogP contribution in [0.5, 0.6) is 5.75 Å². The van der Waals surface area contributed by atoms with Crippen molar-refractivity contribution in [2.24, 2.45) is 0 Å². The summed E-state index contributed by atoms with van der Waals surface area (Å²) >= 11 is 0. The Kier molecular flexibility index (Phi) is 4.25. The number of ether oxygens (including phenoxy) is 2. The minimum Gasteiger partial charge on any atom is -0.496 e. The van der Waals surface area contributed by atoms with Gasteiger partial charge in [-0.15, -0.1) is 0 Å². The molecule has 0 saturated carbocycles. The predicted octanol–water partition coefficient (Wildman–Crippen LogP) is 2.79. The van der Waals surface area contributed by atoms with E-state index in [9.17, 15) is 0 Å². The van der Waals surface area contributed by atoms with Crippen molar-refractivity contribution in [3.8, 4) is 5.75 Å². The molecule has 0 aromatic heterocycles. The molecule has 1 aliphatic rings. The fourth-order valence-electron chi connectivity index (χ4n) is 2.55. The van der Waals surface area contributed by atoms with Crippen molar-refractivity contribution in [2.75, 3.05) is 26.8 Å². The van der Waals surface area contributed by atoms with E-state index < -0.39 is 0 Å². The molecular formula is C15H23NO2. The van der Waals surface area contributed by atoms with E-state index in [0.29, 0.717) is 5.92 Å². The molecular weight excluding hydrogens is 226 g/mol. The minimum atomic E-state index is 0.104. The third kappa shape index (κ3) is 2.52. The van der Waals surface area contributed by atoms with Gasteiger partial charge in [-0.3, -0.25) is 0 Å². The molecule has 2 rings (SSSR count). The van der Waals surface area contributed by atoms with E-state index in [4.69, 9.17) is 9.47 Å². The zero-order chi connectivity index (χ0) is 13.1. The summed E-state index contributed by atoms with van der Waals surface area (Å²) in [6.45, 7) is 9.06. The van der Waals surface area contributed by atoms with Crippen LogP contribution in [0.3, 0.4) is 0 Å². The molecule has 1 unspecified atom stereocenters. The van der Waals surface area contributed by atoms with Gasteiger partial charge in [-0.2, -0.15) is 0 Å². The van der Waals surface area contributed by atoms with Crippen LogP contribution in [0.15, 0.2) is 12.1 Å². The second kappa shape index (κ2) is 5.72. The maximum Gasteiger partial charge on any atom is 0.128 e. The van der Waals surface area contributed by atoms with Gasteiger partial charge in [0.25, 0.3) is 0 Å². The smallest absolute Gasteiger partial charge is 0.128 e. The van der Waals surface area contributed by atoms with Gasteiger partial charge in [-0.1, -0.05) is 26.0 Å². The average molecular weight is 249 g/mol. The molecule has 1 N–H and O–H groups in total. The molecule has 0 aliphatic carbocycles. The van der Waals surface area contributed by atoms with Crippen molar-refractivity contribution in [3.05, 3.63) is 28.8 Å². The van der Waals surface area contributed by atoms with E-state index in [0.717, 1.165) is 25.4 Å². The van der Waals surface area contributed by atoms with Gasteiger partial charge < -0.3 is 14.8 Å². The highest BCUT2D eigenvalue weighted by molar-refractivity contribution is 5.49. The highest BCUT2D eigenvalue weighted by Gasteiger charge is 2.24. The fourth-order valence-corrected chi connectivity index (χ4v) is 2.55. The van der Waals surface area contributed by atoms with Crippen molar-refractivity contribution in [1.29, 1.82) is 0 Å². The largest absolute Gasteiger partial charge is 0.496 e. The predicted molar refractivity (Wildman–Crippen MR) is 73.4 cm³/mol. The highest BCUT2D eigenvalue weighted by Crippen LogP contribution is 2.37. The van der Waals surface area contributed by atoms with Crippen LogP contribution in [-0.4, -0.2) is 26.8 Å². The maximum atomic E-state index is 5.88. The first-order chi connectivity index (χ1) is 8.65. The van der Waals surface area contributed by atoms with Gasteiger partial charge >= 0.3 is 0 Å². The third-order valence-electron chi connectivity index (χ3n) is 3.52. The topological polar surface area (TPSA) is 30.5 Å². The first-order valence-electron chi connectivity index (χ1n) is 6.64. The van der Waals surface area contributed by atoms with Crippen LogP contribution < -0.4 is 10.1 Å². The Balaban J connectivity index is 2.45. The molecule has 1 heterocycles. The van der Waals surface area contributed by atoms with E-state index in [2.05, 4.69) is 38.2 Å². The monoisotopic (exact) mass is 249 g/mol. The van der Waals surface area contributed by atoms with Crippen LogP contribution in [-0.2, 0) is 4.74 Å². The van der Waals surface area contributed by atoms with Crippen molar-refractivity contribution in [1.82, 2.24) is 5.32 Å². The molecule has 1 atom stereocenters. The molecule has 0 radical (unpaired) electrons. The van der Waals surface area contributed by atoms with Crippen LogP contribution in [0.4, 0.5) is 0 Å². The molecule has 0 bridgehead atoms. The SMILES string of the molecule is COc1c(C(C)C)ccc(C)c1C1CNCCO1. The van der Waals surface area contributed by atoms with Gasteiger partial charge in [-0.25, -0.2) is 0 Å². The van der Waals surface area contributed by atoms with Crippen molar-refractivity contribution >= 4 is 0 Å². The van der Waals surface area contributed by atoms with Crippen molar-refractivity contribution in [3.63, 3.8) is 0 Å². The summed E-state index contributed by atoms with van der Waals surface area (Å²) in [5, 5.41) is 3.38. The van der Waals surface area contributed by atoms with E-state index in [-0.39, 0.29) is 6.10 Å². The summed E-state index contributed by atoms with van der Waals surface area (Å²) in [5.41, 5.74) is 3.70. The Morgan fingerprint density at radius 2 is 2.17 bits per heavy atom. The summed E-state index contributed by atoms with van der Waals surface area (Å²) in [6.07, 6.45) is 0.104. The molecule has 1 fully saturated rings. The standard InChI is InChI=1S/C15H23NO2/c1-10(2)12-6-5-11(3)14(15(12)17-4)13-9-16-7-8-18-13/h5-6,10,13,16H,7-9H2,1-4H3. The Morgan fingerprint density at radius 3 is 2.72 bits per heavy atom. The normalized spacial score (nSPS) is 20.2. The molecule has 3 heteroatoms. The quantitative estimate of drug-likeness (QED) is 0.893.